The molecule has 0 bridgehead atoms. The Bertz CT molecular complexity index is 366. The lowest BCUT2D eigenvalue weighted by atomic mass is 10.6. The fraction of sp³-hybridized carbons (Fsp3) is 0.429. The highest BCUT2D eigenvalue weighted by Crippen LogP contribution is 1.92. The molecule has 1 heterocycles. The van der Waals surface area contributed by atoms with Crippen molar-refractivity contribution in [2.24, 2.45) is 10.7 Å². The molecule has 0 aliphatic heterocycles. The Balaban J connectivity index is 2.43. The summed E-state index contributed by atoms with van der Waals surface area (Å²) in [4.78, 5) is 14.7. The quantitative estimate of drug-likeness (QED) is 0.362. The minimum absolute atomic E-state index is 0.0235. The van der Waals surface area contributed by atoms with E-state index in [2.05, 4.69) is 35.7 Å². The molecule has 0 amide bonds. The zero-order valence-electron chi connectivity index (χ0n) is 8.62. The van der Waals surface area contributed by atoms with Crippen molar-refractivity contribution in [2.45, 2.75) is 6.92 Å². The van der Waals surface area contributed by atoms with E-state index >= 15 is 0 Å². The fourth-order valence-electron chi connectivity index (χ4n) is 0.782. The average Bonchev–Trinajstić information content (AvgIpc) is 2.28. The van der Waals surface area contributed by atoms with E-state index in [1.165, 1.54) is 6.20 Å². The summed E-state index contributed by atoms with van der Waals surface area (Å²) in [5.74, 6) is -0.137. The molecule has 0 spiro atoms. The van der Waals surface area contributed by atoms with Crippen LogP contribution in [0.2, 0.25) is 0 Å². The van der Waals surface area contributed by atoms with Gasteiger partial charge < -0.3 is 15.8 Å². The summed E-state index contributed by atoms with van der Waals surface area (Å²) in [7, 11) is 0. The van der Waals surface area contributed by atoms with Gasteiger partial charge in [-0.25, -0.2) is 4.99 Å². The van der Waals surface area contributed by atoms with Gasteiger partial charge in [0.25, 0.3) is 0 Å². The smallest absolute Gasteiger partial charge is 0.327 e. The van der Waals surface area contributed by atoms with Crippen molar-refractivity contribution in [3.8, 4) is 0 Å². The number of nitrogens with two attached hydrogens (primary N) is 1. The van der Waals surface area contributed by atoms with Gasteiger partial charge in [0, 0.05) is 0 Å². The van der Waals surface area contributed by atoms with Crippen LogP contribution >= 0.6 is 0 Å². The van der Waals surface area contributed by atoms with Crippen LogP contribution in [0.5, 0.6) is 0 Å². The van der Waals surface area contributed by atoms with Crippen LogP contribution in [-0.4, -0.2) is 45.7 Å². The molecule has 0 aliphatic rings. The van der Waals surface area contributed by atoms with Gasteiger partial charge in [-0.2, -0.15) is 0 Å². The van der Waals surface area contributed by atoms with Crippen LogP contribution in [0.1, 0.15) is 6.92 Å². The lowest BCUT2D eigenvalue weighted by Crippen LogP contribution is -2.25. The highest BCUT2D eigenvalue weighted by atomic mass is 16.5. The van der Waals surface area contributed by atoms with Gasteiger partial charge in [0.05, 0.1) is 12.8 Å². The summed E-state index contributed by atoms with van der Waals surface area (Å²) in [5, 5.41) is 16.2. The molecule has 0 saturated heterocycles. The monoisotopic (exact) mass is 225 g/mol. The number of nitrogens with zero attached hydrogens (tertiary/aromatic N) is 5. The van der Waals surface area contributed by atoms with E-state index in [1.807, 2.05) is 0 Å². The molecule has 0 saturated carbocycles. The molecule has 9 nitrogen and oxygen atoms in total. The first-order valence-corrected chi connectivity index (χ1v) is 4.46. The van der Waals surface area contributed by atoms with Gasteiger partial charge >= 0.3 is 5.97 Å². The van der Waals surface area contributed by atoms with Gasteiger partial charge in [-0.15, -0.1) is 10.2 Å². The number of rotatable bonds is 4. The molecular formula is C7H11N7O2. The van der Waals surface area contributed by atoms with Gasteiger partial charge in [0.15, 0.2) is 11.8 Å². The Hall–Kier alpha value is -2.32. The Kier molecular flexibility index (Phi) is 4.57. The largest absolute Gasteiger partial charge is 0.465 e. The van der Waals surface area contributed by atoms with E-state index in [0.717, 1.165) is 0 Å². The van der Waals surface area contributed by atoms with Crippen LogP contribution in [0.4, 0.5) is 5.82 Å². The zero-order valence-corrected chi connectivity index (χ0v) is 8.62. The SMILES string of the molecule is CCOC(=O)CN=C(N)Nc1cnnnn1. The lowest BCUT2D eigenvalue weighted by Gasteiger charge is -2.02. The van der Waals surface area contributed by atoms with Crippen LogP contribution in [0.3, 0.4) is 0 Å². The van der Waals surface area contributed by atoms with E-state index in [4.69, 9.17) is 5.73 Å². The standard InChI is InChI=1S/C7H11N7O2/c1-2-16-6(15)4-9-7(8)11-5-3-10-13-14-12-5/h3H,2,4H2,1H3,(H3,8,9,11,12,13). The molecule has 9 heteroatoms. The number of hydrogen-bond donors (Lipinski definition) is 2. The fourth-order valence-corrected chi connectivity index (χ4v) is 0.782. The molecule has 0 unspecified atom stereocenters. The van der Waals surface area contributed by atoms with E-state index in [1.54, 1.807) is 6.92 Å². The lowest BCUT2D eigenvalue weighted by molar-refractivity contribution is -0.141. The van der Waals surface area contributed by atoms with Crippen molar-refractivity contribution in [3.05, 3.63) is 6.20 Å². The summed E-state index contributed by atoms with van der Waals surface area (Å²) in [6.45, 7) is 1.86. The second kappa shape index (κ2) is 6.22. The number of nitrogens with one attached hydrogen (secondary N) is 1. The van der Waals surface area contributed by atoms with Crippen LogP contribution in [0.15, 0.2) is 11.2 Å². The summed E-state index contributed by atoms with van der Waals surface area (Å²) in [5.41, 5.74) is 5.47. The Labute approximate surface area is 91.1 Å². The minimum Gasteiger partial charge on any atom is -0.465 e. The molecule has 16 heavy (non-hydrogen) atoms. The second-order valence-corrected chi connectivity index (χ2v) is 2.54. The number of carbonyl (C=O) groups is 1. The number of hydrogen-bond acceptors (Lipinski definition) is 7. The van der Waals surface area contributed by atoms with E-state index in [0.29, 0.717) is 12.4 Å². The highest BCUT2D eigenvalue weighted by Gasteiger charge is 2.01. The number of ether oxygens (including phenoxy) is 1. The average molecular weight is 225 g/mol. The normalized spacial score (nSPS) is 10.9. The molecule has 1 rings (SSSR count). The number of aliphatic imine (C=N–C) groups is 1. The molecule has 1 aromatic rings. The van der Waals surface area contributed by atoms with Crippen LogP contribution in [0, 0.1) is 0 Å². The maximum Gasteiger partial charge on any atom is 0.327 e. The summed E-state index contributed by atoms with van der Waals surface area (Å²) >= 11 is 0. The first-order valence-electron chi connectivity index (χ1n) is 4.46. The molecule has 0 fully saturated rings. The predicted octanol–water partition coefficient (Wildman–Crippen LogP) is -1.44. The number of guanidine groups is 1. The molecule has 1 aromatic heterocycles. The van der Waals surface area contributed by atoms with Crippen molar-refractivity contribution in [1.29, 1.82) is 0 Å². The van der Waals surface area contributed by atoms with Gasteiger partial charge in [-0.1, -0.05) is 0 Å². The van der Waals surface area contributed by atoms with Crippen LogP contribution < -0.4 is 11.1 Å². The predicted molar refractivity (Wildman–Crippen MR) is 54.4 cm³/mol. The molecule has 0 aliphatic carbocycles. The number of carbonyl (C=O) groups excluding carboxylic acids is 1. The maximum absolute atomic E-state index is 10.9. The van der Waals surface area contributed by atoms with Gasteiger partial charge in [-0.05, 0) is 17.4 Å². The van der Waals surface area contributed by atoms with E-state index in [-0.39, 0.29) is 12.5 Å². The molecule has 86 valence electrons. The van der Waals surface area contributed by atoms with Crippen molar-refractivity contribution in [1.82, 2.24) is 20.6 Å². The van der Waals surface area contributed by atoms with Crippen LogP contribution in [0.25, 0.3) is 0 Å². The first kappa shape index (κ1) is 11.8. The topological polar surface area (TPSA) is 128 Å². The van der Waals surface area contributed by atoms with Gasteiger partial charge in [0.2, 0.25) is 0 Å². The van der Waals surface area contributed by atoms with Crippen molar-refractivity contribution in [3.63, 3.8) is 0 Å². The molecule has 0 radical (unpaired) electrons. The number of anilines is 1. The summed E-state index contributed by atoms with van der Waals surface area (Å²) in [6, 6.07) is 0. The number of esters is 1. The first-order chi connectivity index (χ1) is 7.72. The second-order valence-electron chi connectivity index (χ2n) is 2.54. The Morgan fingerprint density at radius 2 is 2.44 bits per heavy atom. The van der Waals surface area contributed by atoms with Crippen molar-refractivity contribution < 1.29 is 9.53 Å². The summed E-state index contributed by atoms with van der Waals surface area (Å²) in [6.07, 6.45) is 1.32. The van der Waals surface area contributed by atoms with Gasteiger partial charge in [-0.3, -0.25) is 4.79 Å². The Morgan fingerprint density at radius 1 is 1.62 bits per heavy atom. The number of aromatic nitrogens is 4. The minimum atomic E-state index is -0.453. The molecule has 0 atom stereocenters. The van der Waals surface area contributed by atoms with Gasteiger partial charge in [0.1, 0.15) is 6.54 Å². The third kappa shape index (κ3) is 4.26. The van der Waals surface area contributed by atoms with E-state index < -0.39 is 5.97 Å². The Morgan fingerprint density at radius 3 is 3.06 bits per heavy atom. The summed E-state index contributed by atoms with van der Waals surface area (Å²) < 4.78 is 4.66. The zero-order chi connectivity index (χ0) is 11.8. The maximum atomic E-state index is 10.9. The molecular weight excluding hydrogens is 214 g/mol. The third-order valence-electron chi connectivity index (χ3n) is 1.36. The van der Waals surface area contributed by atoms with Crippen LogP contribution in [-0.2, 0) is 9.53 Å². The van der Waals surface area contributed by atoms with Crippen molar-refractivity contribution in [2.75, 3.05) is 18.5 Å². The highest BCUT2D eigenvalue weighted by molar-refractivity contribution is 5.92. The van der Waals surface area contributed by atoms with Crippen molar-refractivity contribution >= 4 is 17.7 Å². The third-order valence-corrected chi connectivity index (χ3v) is 1.36. The molecule has 3 N–H and O–H groups in total. The molecule has 0 aromatic carbocycles. The van der Waals surface area contributed by atoms with E-state index in [9.17, 15) is 4.79 Å².